The van der Waals surface area contributed by atoms with Gasteiger partial charge in [-0.2, -0.15) is 0 Å². The van der Waals surface area contributed by atoms with Crippen molar-refractivity contribution in [3.8, 4) is 0 Å². The SMILES string of the molecule is CCC(CC)NC(=O)COC(=O)c1cccc(N2C(=O)CCC2=O)c1. The van der Waals surface area contributed by atoms with Crippen LogP contribution in [0, 0.1) is 0 Å². The van der Waals surface area contributed by atoms with Gasteiger partial charge < -0.3 is 10.1 Å². The molecule has 1 fully saturated rings. The Bertz CT molecular complexity index is 666. The van der Waals surface area contributed by atoms with Crippen molar-refractivity contribution in [2.45, 2.75) is 45.6 Å². The number of imide groups is 1. The Kier molecular flexibility index (Phi) is 6.27. The molecule has 0 saturated carbocycles. The Balaban J connectivity index is 1.98. The molecule has 3 amide bonds. The predicted octanol–water partition coefficient (Wildman–Crippen LogP) is 1.80. The van der Waals surface area contributed by atoms with Crippen LogP contribution in [0.4, 0.5) is 5.69 Å². The van der Waals surface area contributed by atoms with Crippen molar-refractivity contribution in [1.82, 2.24) is 5.32 Å². The fraction of sp³-hybridized carbons (Fsp3) is 0.444. The van der Waals surface area contributed by atoms with Gasteiger partial charge in [-0.05, 0) is 31.0 Å². The van der Waals surface area contributed by atoms with Gasteiger partial charge in [0.1, 0.15) is 0 Å². The zero-order valence-electron chi connectivity index (χ0n) is 14.4. The normalized spacial score (nSPS) is 14.1. The summed E-state index contributed by atoms with van der Waals surface area (Å²) in [5.74, 6) is -1.62. The molecule has 0 atom stereocenters. The quantitative estimate of drug-likeness (QED) is 0.600. The maximum atomic E-state index is 12.1. The summed E-state index contributed by atoms with van der Waals surface area (Å²) < 4.78 is 5.01. The molecule has 7 heteroatoms. The first-order chi connectivity index (χ1) is 12.0. The van der Waals surface area contributed by atoms with Crippen molar-refractivity contribution in [3.63, 3.8) is 0 Å². The van der Waals surface area contributed by atoms with Crippen molar-refractivity contribution in [3.05, 3.63) is 29.8 Å². The molecule has 1 N–H and O–H groups in total. The van der Waals surface area contributed by atoms with Crippen LogP contribution in [0.5, 0.6) is 0 Å². The second-order valence-corrected chi connectivity index (χ2v) is 5.83. The molecule has 0 aromatic heterocycles. The molecule has 1 aromatic rings. The second kappa shape index (κ2) is 8.41. The molecule has 0 spiro atoms. The summed E-state index contributed by atoms with van der Waals surface area (Å²) in [6.45, 7) is 3.56. The molecule has 134 valence electrons. The van der Waals surface area contributed by atoms with Gasteiger partial charge in [-0.1, -0.05) is 19.9 Å². The zero-order chi connectivity index (χ0) is 18.4. The number of anilines is 1. The highest BCUT2D eigenvalue weighted by molar-refractivity contribution is 6.20. The number of hydrogen-bond acceptors (Lipinski definition) is 5. The van der Waals surface area contributed by atoms with Gasteiger partial charge in [0.25, 0.3) is 5.91 Å². The van der Waals surface area contributed by atoms with E-state index in [0.29, 0.717) is 5.69 Å². The Morgan fingerprint density at radius 2 is 1.80 bits per heavy atom. The minimum absolute atomic E-state index is 0.0571. The van der Waals surface area contributed by atoms with E-state index < -0.39 is 5.97 Å². The molecule has 25 heavy (non-hydrogen) atoms. The summed E-state index contributed by atoms with van der Waals surface area (Å²) in [7, 11) is 0. The number of amides is 3. The predicted molar refractivity (Wildman–Crippen MR) is 91.0 cm³/mol. The van der Waals surface area contributed by atoms with E-state index in [0.717, 1.165) is 17.7 Å². The van der Waals surface area contributed by atoms with Gasteiger partial charge in [0.15, 0.2) is 6.61 Å². The van der Waals surface area contributed by atoms with Crippen LogP contribution in [-0.4, -0.2) is 36.3 Å². The summed E-state index contributed by atoms with van der Waals surface area (Å²) in [6.07, 6.45) is 1.94. The highest BCUT2D eigenvalue weighted by Crippen LogP contribution is 2.23. The smallest absolute Gasteiger partial charge is 0.338 e. The number of esters is 1. The molecule has 1 saturated heterocycles. The number of carbonyl (C=O) groups is 4. The Morgan fingerprint density at radius 1 is 1.16 bits per heavy atom. The maximum Gasteiger partial charge on any atom is 0.338 e. The Labute approximate surface area is 146 Å². The molecule has 7 nitrogen and oxygen atoms in total. The molecule has 0 aliphatic carbocycles. The first kappa shape index (κ1) is 18.6. The van der Waals surface area contributed by atoms with Crippen LogP contribution >= 0.6 is 0 Å². The molecule has 0 radical (unpaired) electrons. The molecule has 0 unspecified atom stereocenters. The first-order valence-electron chi connectivity index (χ1n) is 8.38. The Hall–Kier alpha value is -2.70. The monoisotopic (exact) mass is 346 g/mol. The van der Waals surface area contributed by atoms with Crippen molar-refractivity contribution < 1.29 is 23.9 Å². The molecular formula is C18H22N2O5. The molecule has 0 bridgehead atoms. The number of hydrogen-bond donors (Lipinski definition) is 1. The number of rotatable bonds is 7. The molecule has 1 aromatic carbocycles. The van der Waals surface area contributed by atoms with E-state index in [-0.39, 0.29) is 48.8 Å². The van der Waals surface area contributed by atoms with E-state index in [9.17, 15) is 19.2 Å². The lowest BCUT2D eigenvalue weighted by molar-refractivity contribution is -0.125. The van der Waals surface area contributed by atoms with E-state index in [1.165, 1.54) is 12.1 Å². The van der Waals surface area contributed by atoms with Crippen molar-refractivity contribution in [2.75, 3.05) is 11.5 Å². The van der Waals surface area contributed by atoms with Crippen LogP contribution in [0.1, 0.15) is 49.9 Å². The zero-order valence-corrected chi connectivity index (χ0v) is 14.4. The van der Waals surface area contributed by atoms with E-state index in [1.54, 1.807) is 12.1 Å². The fourth-order valence-corrected chi connectivity index (χ4v) is 2.61. The van der Waals surface area contributed by atoms with Crippen molar-refractivity contribution in [1.29, 1.82) is 0 Å². The van der Waals surface area contributed by atoms with Gasteiger partial charge in [-0.25, -0.2) is 4.79 Å². The largest absolute Gasteiger partial charge is 0.452 e. The van der Waals surface area contributed by atoms with Gasteiger partial charge >= 0.3 is 5.97 Å². The Morgan fingerprint density at radius 3 is 2.40 bits per heavy atom. The topological polar surface area (TPSA) is 92.8 Å². The summed E-state index contributed by atoms with van der Waals surface area (Å²) in [6, 6.07) is 6.13. The second-order valence-electron chi connectivity index (χ2n) is 5.83. The van der Waals surface area contributed by atoms with Crippen LogP contribution in [0.2, 0.25) is 0 Å². The van der Waals surface area contributed by atoms with Gasteiger partial charge in [0.2, 0.25) is 11.8 Å². The van der Waals surface area contributed by atoms with Crippen LogP contribution < -0.4 is 10.2 Å². The summed E-state index contributed by atoms with van der Waals surface area (Å²) in [4.78, 5) is 48.5. The van der Waals surface area contributed by atoms with Gasteiger partial charge in [0, 0.05) is 18.9 Å². The first-order valence-corrected chi connectivity index (χ1v) is 8.38. The van der Waals surface area contributed by atoms with E-state index >= 15 is 0 Å². The lowest BCUT2D eigenvalue weighted by atomic mass is 10.2. The highest BCUT2D eigenvalue weighted by Gasteiger charge is 2.30. The average Bonchev–Trinajstić information content (AvgIpc) is 2.96. The standard InChI is InChI=1S/C18H22N2O5/c1-3-13(4-2)19-15(21)11-25-18(24)12-6-5-7-14(10-12)20-16(22)8-9-17(20)23/h5-7,10,13H,3-4,8-9,11H2,1-2H3,(H,19,21). The van der Waals surface area contributed by atoms with E-state index in [1.807, 2.05) is 13.8 Å². The van der Waals surface area contributed by atoms with Crippen LogP contribution in [-0.2, 0) is 19.1 Å². The molecule has 1 aliphatic heterocycles. The highest BCUT2D eigenvalue weighted by atomic mass is 16.5. The molecular weight excluding hydrogens is 324 g/mol. The van der Waals surface area contributed by atoms with Gasteiger partial charge in [-0.3, -0.25) is 19.3 Å². The minimum atomic E-state index is -0.680. The van der Waals surface area contributed by atoms with Crippen LogP contribution in [0.3, 0.4) is 0 Å². The number of nitrogens with one attached hydrogen (secondary N) is 1. The number of carbonyl (C=O) groups excluding carboxylic acids is 4. The van der Waals surface area contributed by atoms with Gasteiger partial charge in [-0.15, -0.1) is 0 Å². The fourth-order valence-electron chi connectivity index (χ4n) is 2.61. The molecule has 2 rings (SSSR count). The molecule has 1 heterocycles. The minimum Gasteiger partial charge on any atom is -0.452 e. The number of benzene rings is 1. The number of ether oxygens (including phenoxy) is 1. The number of nitrogens with zero attached hydrogens (tertiary/aromatic N) is 1. The average molecular weight is 346 g/mol. The third-order valence-electron chi connectivity index (χ3n) is 4.08. The lowest BCUT2D eigenvalue weighted by Crippen LogP contribution is -2.36. The van der Waals surface area contributed by atoms with Crippen LogP contribution in [0.25, 0.3) is 0 Å². The summed E-state index contributed by atoms with van der Waals surface area (Å²) in [5.41, 5.74) is 0.517. The summed E-state index contributed by atoms with van der Waals surface area (Å²) >= 11 is 0. The van der Waals surface area contributed by atoms with Gasteiger partial charge in [0.05, 0.1) is 11.3 Å². The van der Waals surface area contributed by atoms with Crippen LogP contribution in [0.15, 0.2) is 24.3 Å². The molecule has 1 aliphatic rings. The van der Waals surface area contributed by atoms with E-state index in [4.69, 9.17) is 4.74 Å². The third-order valence-corrected chi connectivity index (χ3v) is 4.08. The van der Waals surface area contributed by atoms with Crippen molar-refractivity contribution in [2.24, 2.45) is 0 Å². The lowest BCUT2D eigenvalue weighted by Gasteiger charge is -2.15. The summed E-state index contributed by atoms with van der Waals surface area (Å²) in [5, 5.41) is 2.78. The van der Waals surface area contributed by atoms with E-state index in [2.05, 4.69) is 5.32 Å². The maximum absolute atomic E-state index is 12.1. The third kappa shape index (κ3) is 4.65. The van der Waals surface area contributed by atoms with Crippen molar-refractivity contribution >= 4 is 29.4 Å².